The van der Waals surface area contributed by atoms with Gasteiger partial charge < -0.3 is 15.0 Å². The molecule has 9 nitrogen and oxygen atoms in total. The van der Waals surface area contributed by atoms with Crippen LogP contribution in [0, 0.1) is 5.82 Å². The monoisotopic (exact) mass is 557 g/mol. The van der Waals surface area contributed by atoms with Crippen LogP contribution in [0.3, 0.4) is 0 Å². The fourth-order valence-electron chi connectivity index (χ4n) is 6.73. The largest absolute Gasteiger partial charge is 0.505 e. The molecule has 3 N–H and O–H groups in total. The van der Waals surface area contributed by atoms with Crippen LogP contribution in [0.1, 0.15) is 43.1 Å². The number of benzene rings is 2. The lowest BCUT2D eigenvalue weighted by Gasteiger charge is -2.48. The summed E-state index contributed by atoms with van der Waals surface area (Å²) < 4.78 is 14.2. The third kappa shape index (κ3) is 4.59. The number of carbonyl (C=O) groups excluding carboxylic acids is 1. The number of fused-ring (bicyclic) bond motifs is 2. The zero-order valence-corrected chi connectivity index (χ0v) is 23.6. The predicted molar refractivity (Wildman–Crippen MR) is 155 cm³/mol. The van der Waals surface area contributed by atoms with Gasteiger partial charge in [0.25, 0.3) is 0 Å². The number of halogens is 1. The number of amides is 1. The molecular weight excluding hydrogens is 521 g/mol. The van der Waals surface area contributed by atoms with Gasteiger partial charge in [-0.05, 0) is 80.4 Å². The Kier molecular flexibility index (Phi) is 6.54. The number of aryl methyl sites for hydroxylation is 1. The van der Waals surface area contributed by atoms with Crippen molar-refractivity contribution in [3.8, 4) is 28.4 Å². The Morgan fingerprint density at radius 2 is 1.95 bits per heavy atom. The van der Waals surface area contributed by atoms with Gasteiger partial charge in [0.2, 0.25) is 5.91 Å². The van der Waals surface area contributed by atoms with E-state index >= 15 is 0 Å². The van der Waals surface area contributed by atoms with Crippen LogP contribution in [0.2, 0.25) is 0 Å². The van der Waals surface area contributed by atoms with Crippen molar-refractivity contribution in [3.63, 3.8) is 0 Å². The number of carbonyl (C=O) groups is 1. The van der Waals surface area contributed by atoms with Crippen LogP contribution in [0.15, 0.2) is 30.3 Å². The Labute approximate surface area is 238 Å². The van der Waals surface area contributed by atoms with E-state index in [1.807, 2.05) is 37.1 Å². The van der Waals surface area contributed by atoms with Crippen LogP contribution in [-0.4, -0.2) is 91.2 Å². The molecule has 2 aromatic heterocycles. The van der Waals surface area contributed by atoms with E-state index in [0.29, 0.717) is 36.9 Å². The summed E-state index contributed by atoms with van der Waals surface area (Å²) in [5, 5.41) is 18.4. The summed E-state index contributed by atoms with van der Waals surface area (Å²) in [4.78, 5) is 28.5. The Morgan fingerprint density at radius 1 is 1.15 bits per heavy atom. The van der Waals surface area contributed by atoms with Crippen LogP contribution >= 0.6 is 0 Å². The van der Waals surface area contributed by atoms with Gasteiger partial charge in [-0.1, -0.05) is 19.4 Å². The highest BCUT2D eigenvalue weighted by atomic mass is 19.1. The molecule has 41 heavy (non-hydrogen) atoms. The van der Waals surface area contributed by atoms with Crippen molar-refractivity contribution in [3.05, 3.63) is 53.1 Å². The number of rotatable bonds is 5. The maximum absolute atomic E-state index is 14.2. The Hall–Kier alpha value is -3.76. The van der Waals surface area contributed by atoms with Gasteiger partial charge in [-0.2, -0.15) is 5.10 Å². The quantitative estimate of drug-likeness (QED) is 0.342. The van der Waals surface area contributed by atoms with Crippen molar-refractivity contribution in [2.75, 3.05) is 33.2 Å². The molecule has 0 saturated carbocycles. The molecule has 2 saturated heterocycles. The Morgan fingerprint density at radius 3 is 2.73 bits per heavy atom. The molecule has 214 valence electrons. The first kappa shape index (κ1) is 26.2. The first-order valence-electron chi connectivity index (χ1n) is 14.7. The number of phenols is 1. The molecule has 0 spiro atoms. The number of likely N-dealkylation sites (N-methyl/N-ethyl adjacent to an activating group) is 1. The minimum atomic E-state index is -0.638. The highest BCUT2D eigenvalue weighted by molar-refractivity contribution is 5.94. The van der Waals surface area contributed by atoms with Gasteiger partial charge >= 0.3 is 0 Å². The van der Waals surface area contributed by atoms with E-state index in [-0.39, 0.29) is 17.7 Å². The molecule has 1 amide bonds. The molecule has 0 aliphatic carbocycles. The number of nitrogens with zero attached hydrogens (tertiary/aromatic N) is 5. The highest BCUT2D eigenvalue weighted by Gasteiger charge is 2.41. The number of piperidine rings is 1. The third-order valence-electron chi connectivity index (χ3n) is 9.21. The Balaban J connectivity index is 1.09. The van der Waals surface area contributed by atoms with Crippen LogP contribution in [0.4, 0.5) is 4.39 Å². The number of phenolic OH excluding ortho intramolecular Hbond substituents is 1. The summed E-state index contributed by atoms with van der Waals surface area (Å²) in [5.41, 5.74) is 5.93. The van der Waals surface area contributed by atoms with E-state index in [4.69, 9.17) is 4.98 Å². The van der Waals surface area contributed by atoms with Crippen molar-refractivity contribution in [1.82, 2.24) is 34.9 Å². The minimum Gasteiger partial charge on any atom is -0.505 e. The van der Waals surface area contributed by atoms with Crippen LogP contribution in [0.5, 0.6) is 5.75 Å². The van der Waals surface area contributed by atoms with Crippen LogP contribution in [-0.2, 0) is 24.2 Å². The average molecular weight is 558 g/mol. The molecular formula is C31H36FN7O2. The number of aromatic hydroxyl groups is 1. The van der Waals surface area contributed by atoms with E-state index in [1.165, 1.54) is 31.4 Å². The van der Waals surface area contributed by atoms with E-state index in [9.17, 15) is 14.3 Å². The number of imidazole rings is 1. The molecule has 10 heteroatoms. The number of likely N-dealkylation sites (tertiary alicyclic amines) is 2. The predicted octanol–water partition coefficient (Wildman–Crippen LogP) is 4.08. The SMILES string of the molecule is CCc1cc(O)c(F)cc1-c1ccc2c(-c3nc4c([nH]3)CN(C)[C@H](C(=O)N3CC(N5CCCCC5)C3)C4)n[nH]c2c1. The average Bonchev–Trinajstić information content (AvgIpc) is 3.56. The highest BCUT2D eigenvalue weighted by Crippen LogP contribution is 2.34. The first-order valence-corrected chi connectivity index (χ1v) is 14.7. The number of hydrogen-bond donors (Lipinski definition) is 3. The normalized spacial score (nSPS) is 20.4. The number of aromatic amines is 2. The van der Waals surface area contributed by atoms with E-state index in [0.717, 1.165) is 65.2 Å². The molecule has 2 fully saturated rings. The molecule has 0 unspecified atom stereocenters. The maximum atomic E-state index is 14.2. The van der Waals surface area contributed by atoms with Gasteiger partial charge in [0.1, 0.15) is 5.69 Å². The fraction of sp³-hybridized carbons (Fsp3) is 0.452. The lowest BCUT2D eigenvalue weighted by Crippen LogP contribution is -2.65. The zero-order valence-electron chi connectivity index (χ0n) is 23.6. The van der Waals surface area contributed by atoms with Gasteiger partial charge in [-0.25, -0.2) is 9.37 Å². The van der Waals surface area contributed by atoms with Gasteiger partial charge in [-0.15, -0.1) is 0 Å². The van der Waals surface area contributed by atoms with E-state index < -0.39 is 5.82 Å². The summed E-state index contributed by atoms with van der Waals surface area (Å²) in [7, 11) is 2.01. The van der Waals surface area contributed by atoms with Gasteiger partial charge in [0.15, 0.2) is 17.4 Å². The second-order valence-electron chi connectivity index (χ2n) is 11.8. The number of hydrogen-bond acceptors (Lipinski definition) is 6. The van der Waals surface area contributed by atoms with Crippen LogP contribution in [0.25, 0.3) is 33.5 Å². The third-order valence-corrected chi connectivity index (χ3v) is 9.21. The van der Waals surface area contributed by atoms with Gasteiger partial charge in [0, 0.05) is 37.5 Å². The summed E-state index contributed by atoms with van der Waals surface area (Å²) in [5.74, 6) is -0.0970. The number of aromatic nitrogens is 4. The molecule has 3 aliphatic rings. The lowest BCUT2D eigenvalue weighted by molar-refractivity contribution is -0.145. The molecule has 4 aromatic rings. The van der Waals surface area contributed by atoms with Crippen molar-refractivity contribution >= 4 is 16.8 Å². The smallest absolute Gasteiger partial charge is 0.240 e. The minimum absolute atomic E-state index is 0.200. The van der Waals surface area contributed by atoms with Crippen molar-refractivity contribution < 1.29 is 14.3 Å². The summed E-state index contributed by atoms with van der Waals surface area (Å²) in [6.07, 6.45) is 5.10. The second-order valence-corrected chi connectivity index (χ2v) is 11.8. The molecule has 0 bridgehead atoms. The zero-order chi connectivity index (χ0) is 28.2. The summed E-state index contributed by atoms with van der Waals surface area (Å²) in [6.45, 7) is 6.59. The number of nitrogens with one attached hydrogen (secondary N) is 2. The summed E-state index contributed by atoms with van der Waals surface area (Å²) >= 11 is 0. The molecule has 1 atom stereocenters. The Bertz CT molecular complexity index is 1620. The molecule has 3 aliphatic heterocycles. The number of H-pyrrole nitrogens is 2. The fourth-order valence-corrected chi connectivity index (χ4v) is 6.73. The maximum Gasteiger partial charge on any atom is 0.240 e. The van der Waals surface area contributed by atoms with Crippen molar-refractivity contribution in [2.45, 2.75) is 57.7 Å². The molecule has 0 radical (unpaired) electrons. The first-order chi connectivity index (χ1) is 19.9. The lowest BCUT2D eigenvalue weighted by atomic mass is 9.96. The standard InChI is InChI=1S/C31H36FN7O2/c1-3-18-12-28(40)23(32)13-22(18)19-7-8-21-24(11-19)35-36-29(21)30-33-25-14-27(37(2)17-26(25)34-30)31(41)39-15-20(16-39)38-9-5-4-6-10-38/h7-8,11-13,20,27,40H,3-6,9-10,14-17H2,1-2H3,(H,33,34)(H,35,36)/t27-/m0/s1. The topological polar surface area (TPSA) is 104 Å². The molecule has 2 aromatic carbocycles. The van der Waals surface area contributed by atoms with Crippen molar-refractivity contribution in [1.29, 1.82) is 0 Å². The van der Waals surface area contributed by atoms with Gasteiger partial charge in [-0.3, -0.25) is 19.7 Å². The van der Waals surface area contributed by atoms with E-state index in [2.05, 4.69) is 25.0 Å². The van der Waals surface area contributed by atoms with Gasteiger partial charge in [0.05, 0.1) is 22.9 Å². The van der Waals surface area contributed by atoms with E-state index in [1.54, 1.807) is 0 Å². The van der Waals surface area contributed by atoms with Crippen molar-refractivity contribution in [2.24, 2.45) is 0 Å². The molecule has 7 rings (SSSR count). The molecule has 5 heterocycles. The summed E-state index contributed by atoms with van der Waals surface area (Å²) in [6, 6.07) is 9.04. The van der Waals surface area contributed by atoms with Crippen LogP contribution < -0.4 is 0 Å². The second kappa shape index (κ2) is 10.3.